The number of carbonyl (C=O) groups is 1. The number of hydrogen-bond donors (Lipinski definition) is 1. The van der Waals surface area contributed by atoms with Crippen LogP contribution in [0.25, 0.3) is 22.0 Å². The topological polar surface area (TPSA) is 65.2 Å². The lowest BCUT2D eigenvalue weighted by Crippen LogP contribution is -2.11. The maximum atomic E-state index is 11.7. The predicted octanol–water partition coefficient (Wildman–Crippen LogP) is 3.63. The quantitative estimate of drug-likeness (QED) is 0.592. The maximum Gasteiger partial charge on any atom is 0.326 e. The van der Waals surface area contributed by atoms with Crippen LogP contribution in [0.1, 0.15) is 0 Å². The molecule has 0 unspecified atom stereocenters. The smallest absolute Gasteiger partial charge is 0.326 e. The Hall–Kier alpha value is -2.59. The van der Waals surface area contributed by atoms with Crippen molar-refractivity contribution < 1.29 is 9.53 Å². The number of nitrogen functional groups attached to an aromatic ring is 1. The fraction of sp³-hybridized carbons (Fsp3) is 0.0588. The highest BCUT2D eigenvalue weighted by Gasteiger charge is 2.18. The number of fused-ring (bicyclic) bond motifs is 1. The van der Waals surface area contributed by atoms with E-state index < -0.39 is 5.97 Å². The Morgan fingerprint density at radius 3 is 2.50 bits per heavy atom. The number of alkyl halides is 1. The molecule has 1 heterocycles. The number of nitrogens with two attached hydrogens (primary N) is 1. The van der Waals surface area contributed by atoms with E-state index in [0.29, 0.717) is 28.0 Å². The molecule has 22 heavy (non-hydrogen) atoms. The number of anilines is 1. The zero-order valence-corrected chi connectivity index (χ0v) is 12.4. The molecule has 0 saturated carbocycles. The molecule has 0 bridgehead atoms. The van der Waals surface area contributed by atoms with E-state index >= 15 is 0 Å². The number of para-hydroxylation sites is 1. The van der Waals surface area contributed by atoms with Gasteiger partial charge in [-0.05, 0) is 17.7 Å². The summed E-state index contributed by atoms with van der Waals surface area (Å²) in [6, 6.07) is 16.8. The molecule has 2 N–H and O–H groups in total. The number of rotatable bonds is 3. The van der Waals surface area contributed by atoms with Crippen molar-refractivity contribution in [2.45, 2.75) is 0 Å². The van der Waals surface area contributed by atoms with Crippen LogP contribution in [0.5, 0.6) is 5.75 Å². The molecule has 4 nitrogen and oxygen atoms in total. The summed E-state index contributed by atoms with van der Waals surface area (Å²) in [5.41, 5.74) is 8.19. The van der Waals surface area contributed by atoms with Gasteiger partial charge in [0.2, 0.25) is 0 Å². The van der Waals surface area contributed by atoms with Crippen molar-refractivity contribution in [3.05, 3.63) is 54.6 Å². The van der Waals surface area contributed by atoms with Crippen LogP contribution in [0, 0.1) is 0 Å². The van der Waals surface area contributed by atoms with Gasteiger partial charge < -0.3 is 10.5 Å². The first-order valence-electron chi connectivity index (χ1n) is 6.71. The van der Waals surface area contributed by atoms with E-state index in [0.717, 1.165) is 5.56 Å². The molecule has 3 rings (SSSR count). The average Bonchev–Trinajstić information content (AvgIpc) is 2.55. The largest absolute Gasteiger partial charge is 0.424 e. The monoisotopic (exact) mass is 312 g/mol. The van der Waals surface area contributed by atoms with Crippen molar-refractivity contribution >= 4 is 34.3 Å². The molecule has 0 radical (unpaired) electrons. The first-order chi connectivity index (χ1) is 10.7. The Kier molecular flexibility index (Phi) is 3.94. The zero-order valence-electron chi connectivity index (χ0n) is 11.6. The lowest BCUT2D eigenvalue weighted by atomic mass is 10.0. The third-order valence-electron chi connectivity index (χ3n) is 3.26. The second-order valence-electron chi connectivity index (χ2n) is 4.69. The summed E-state index contributed by atoms with van der Waals surface area (Å²) < 4.78 is 5.45. The van der Waals surface area contributed by atoms with E-state index in [4.69, 9.17) is 22.1 Å². The van der Waals surface area contributed by atoms with Gasteiger partial charge in [0, 0.05) is 5.39 Å². The molecule has 1 aromatic heterocycles. The van der Waals surface area contributed by atoms with Gasteiger partial charge >= 0.3 is 5.97 Å². The van der Waals surface area contributed by atoms with Crippen molar-refractivity contribution in [1.29, 1.82) is 0 Å². The summed E-state index contributed by atoms with van der Waals surface area (Å²) >= 11 is 5.57. The molecule has 110 valence electrons. The van der Waals surface area contributed by atoms with Gasteiger partial charge in [0.25, 0.3) is 0 Å². The molecule has 0 aliphatic carbocycles. The Bertz CT molecular complexity index is 835. The molecular formula is C17H13ClN2O2. The van der Waals surface area contributed by atoms with Gasteiger partial charge in [-0.2, -0.15) is 0 Å². The molecule has 0 fully saturated rings. The minimum atomic E-state index is -0.533. The van der Waals surface area contributed by atoms with Crippen LogP contribution < -0.4 is 10.5 Å². The van der Waals surface area contributed by atoms with Gasteiger partial charge in [-0.3, -0.25) is 4.79 Å². The van der Waals surface area contributed by atoms with Gasteiger partial charge in [-0.15, -0.1) is 11.6 Å². The van der Waals surface area contributed by atoms with Gasteiger partial charge in [0.15, 0.2) is 5.75 Å². The van der Waals surface area contributed by atoms with Crippen LogP contribution in [0.4, 0.5) is 5.82 Å². The number of nitrogens with zero attached hydrogens (tertiary/aromatic N) is 1. The number of hydrogen-bond acceptors (Lipinski definition) is 4. The second-order valence-corrected chi connectivity index (χ2v) is 4.96. The molecule has 0 amide bonds. The molecule has 2 aromatic carbocycles. The second kappa shape index (κ2) is 6.03. The number of ether oxygens (including phenoxy) is 1. The Morgan fingerprint density at radius 1 is 1.09 bits per heavy atom. The highest BCUT2D eigenvalue weighted by molar-refractivity contribution is 6.26. The summed E-state index contributed by atoms with van der Waals surface area (Å²) in [5.74, 6) is -0.0676. The summed E-state index contributed by atoms with van der Waals surface area (Å²) in [5, 5.41) is 0.717. The highest BCUT2D eigenvalue weighted by atomic mass is 35.5. The first kappa shape index (κ1) is 14.4. The van der Waals surface area contributed by atoms with Crippen molar-refractivity contribution in [2.75, 3.05) is 11.6 Å². The minimum absolute atomic E-state index is 0.231. The van der Waals surface area contributed by atoms with Crippen LogP contribution in [-0.4, -0.2) is 16.8 Å². The van der Waals surface area contributed by atoms with Crippen LogP contribution in [0.15, 0.2) is 54.6 Å². The van der Waals surface area contributed by atoms with Gasteiger partial charge in [0.1, 0.15) is 11.7 Å². The molecule has 0 aliphatic rings. The number of benzene rings is 2. The molecule has 3 aromatic rings. The van der Waals surface area contributed by atoms with Gasteiger partial charge in [0.05, 0.1) is 11.1 Å². The molecule has 0 saturated heterocycles. The van der Waals surface area contributed by atoms with Crippen LogP contribution in [0.3, 0.4) is 0 Å². The lowest BCUT2D eigenvalue weighted by molar-refractivity contribution is -0.131. The summed E-state index contributed by atoms with van der Waals surface area (Å²) in [6.07, 6.45) is 0. The molecular weight excluding hydrogens is 300 g/mol. The SMILES string of the molecule is Nc1nc2ccccc2c(OC(=O)CCl)c1-c1ccccc1. The number of pyridine rings is 1. The van der Waals surface area contributed by atoms with E-state index in [1.54, 1.807) is 0 Å². The molecule has 0 atom stereocenters. The zero-order chi connectivity index (χ0) is 15.5. The number of esters is 1. The first-order valence-corrected chi connectivity index (χ1v) is 7.24. The fourth-order valence-corrected chi connectivity index (χ4v) is 2.39. The van der Waals surface area contributed by atoms with Crippen LogP contribution in [-0.2, 0) is 4.79 Å². The Morgan fingerprint density at radius 2 is 1.77 bits per heavy atom. The van der Waals surface area contributed by atoms with Gasteiger partial charge in [-0.1, -0.05) is 42.5 Å². The molecule has 0 spiro atoms. The Balaban J connectivity index is 2.32. The van der Waals surface area contributed by atoms with Crippen LogP contribution in [0.2, 0.25) is 0 Å². The molecule has 0 aliphatic heterocycles. The van der Waals surface area contributed by atoms with Gasteiger partial charge in [-0.25, -0.2) is 4.98 Å². The third-order valence-corrected chi connectivity index (χ3v) is 3.48. The fourth-order valence-electron chi connectivity index (χ4n) is 2.33. The third kappa shape index (κ3) is 2.61. The highest BCUT2D eigenvalue weighted by Crippen LogP contribution is 2.39. The number of aromatic nitrogens is 1. The predicted molar refractivity (Wildman–Crippen MR) is 87.9 cm³/mol. The van der Waals surface area contributed by atoms with Crippen molar-refractivity contribution in [1.82, 2.24) is 4.98 Å². The van der Waals surface area contributed by atoms with E-state index in [2.05, 4.69) is 4.98 Å². The summed E-state index contributed by atoms with van der Waals surface area (Å²) in [6.45, 7) is 0. The molecule has 5 heteroatoms. The number of halogens is 1. The van der Waals surface area contributed by atoms with Crippen molar-refractivity contribution in [3.63, 3.8) is 0 Å². The summed E-state index contributed by atoms with van der Waals surface area (Å²) in [4.78, 5) is 16.1. The van der Waals surface area contributed by atoms with E-state index in [9.17, 15) is 4.79 Å². The lowest BCUT2D eigenvalue weighted by Gasteiger charge is -2.14. The number of carbonyl (C=O) groups excluding carboxylic acids is 1. The minimum Gasteiger partial charge on any atom is -0.424 e. The van der Waals surface area contributed by atoms with E-state index in [1.807, 2.05) is 54.6 Å². The standard InChI is InChI=1S/C17H13ClN2O2/c18-10-14(21)22-16-12-8-4-5-9-13(12)20-17(19)15(16)11-6-2-1-3-7-11/h1-9H,10H2,(H2,19,20). The van der Waals surface area contributed by atoms with E-state index in [1.165, 1.54) is 0 Å². The average molecular weight is 313 g/mol. The van der Waals surface area contributed by atoms with Crippen molar-refractivity contribution in [2.24, 2.45) is 0 Å². The normalized spacial score (nSPS) is 10.6. The van der Waals surface area contributed by atoms with Crippen LogP contribution >= 0.6 is 11.6 Å². The van der Waals surface area contributed by atoms with Crippen molar-refractivity contribution in [3.8, 4) is 16.9 Å². The summed E-state index contributed by atoms with van der Waals surface area (Å²) in [7, 11) is 0. The Labute approximate surface area is 132 Å². The maximum absolute atomic E-state index is 11.7. The van der Waals surface area contributed by atoms with E-state index in [-0.39, 0.29) is 5.88 Å².